The van der Waals surface area contributed by atoms with Gasteiger partial charge in [0.1, 0.15) is 5.60 Å². The molecule has 1 N–H and O–H groups in total. The number of nitrogens with zero attached hydrogens (tertiary/aromatic N) is 2. The maximum atomic E-state index is 12.1. The van der Waals surface area contributed by atoms with E-state index >= 15 is 0 Å². The Morgan fingerprint density at radius 3 is 2.89 bits per heavy atom. The molecular formula is C13H21N3O3. The average molecular weight is 267 g/mol. The molecule has 0 saturated carbocycles. The maximum Gasteiger partial charge on any atom is 0.410 e. The summed E-state index contributed by atoms with van der Waals surface area (Å²) in [5.41, 5.74) is 1.48. The molecule has 0 bridgehead atoms. The Hall–Kier alpha value is -1.56. The Labute approximate surface area is 113 Å². The van der Waals surface area contributed by atoms with E-state index in [1.54, 1.807) is 4.90 Å². The first kappa shape index (κ1) is 13.9. The molecule has 0 spiro atoms. The Kier molecular flexibility index (Phi) is 3.80. The van der Waals surface area contributed by atoms with Gasteiger partial charge >= 0.3 is 6.09 Å². The van der Waals surface area contributed by atoms with Crippen molar-refractivity contribution in [1.82, 2.24) is 15.4 Å². The van der Waals surface area contributed by atoms with Crippen LogP contribution in [0.15, 0.2) is 4.52 Å². The minimum atomic E-state index is -0.472. The van der Waals surface area contributed by atoms with Gasteiger partial charge in [-0.1, -0.05) is 5.16 Å². The highest BCUT2D eigenvalue weighted by molar-refractivity contribution is 5.68. The first-order valence-electron chi connectivity index (χ1n) is 6.49. The first-order chi connectivity index (χ1) is 8.90. The predicted octanol–water partition coefficient (Wildman–Crippen LogP) is 1.69. The van der Waals surface area contributed by atoms with Gasteiger partial charge in [0, 0.05) is 18.5 Å². The summed E-state index contributed by atoms with van der Waals surface area (Å²) in [6.07, 6.45) is 0.427. The number of carbonyl (C=O) groups excluding carboxylic acids is 1. The molecule has 1 amide bonds. The van der Waals surface area contributed by atoms with Gasteiger partial charge in [-0.3, -0.25) is 0 Å². The van der Waals surface area contributed by atoms with E-state index in [9.17, 15) is 4.79 Å². The lowest BCUT2D eigenvalue weighted by Gasteiger charge is -2.29. The summed E-state index contributed by atoms with van der Waals surface area (Å²) in [7, 11) is 1.85. The minimum Gasteiger partial charge on any atom is -0.444 e. The van der Waals surface area contributed by atoms with Crippen LogP contribution in [0.2, 0.25) is 0 Å². The van der Waals surface area contributed by atoms with Gasteiger partial charge in [0.25, 0.3) is 0 Å². The number of hydrogen-bond acceptors (Lipinski definition) is 5. The molecule has 0 atom stereocenters. The molecule has 0 fully saturated rings. The van der Waals surface area contributed by atoms with Crippen LogP contribution in [0.5, 0.6) is 0 Å². The number of nitrogens with one attached hydrogen (secondary N) is 1. The summed E-state index contributed by atoms with van der Waals surface area (Å²) in [5, 5.41) is 7.08. The van der Waals surface area contributed by atoms with Crippen molar-refractivity contribution in [1.29, 1.82) is 0 Å². The van der Waals surface area contributed by atoms with Crippen LogP contribution in [0.1, 0.15) is 37.8 Å². The highest BCUT2D eigenvalue weighted by Crippen LogP contribution is 2.23. The Morgan fingerprint density at radius 1 is 1.53 bits per heavy atom. The summed E-state index contributed by atoms with van der Waals surface area (Å²) in [5.74, 6) is 0.797. The van der Waals surface area contributed by atoms with Crippen LogP contribution >= 0.6 is 0 Å². The molecule has 1 aliphatic heterocycles. The summed E-state index contributed by atoms with van der Waals surface area (Å²) in [6, 6.07) is 0. The third-order valence-corrected chi connectivity index (χ3v) is 2.91. The monoisotopic (exact) mass is 267 g/mol. The maximum absolute atomic E-state index is 12.1. The van der Waals surface area contributed by atoms with Crippen LogP contribution in [0.4, 0.5) is 4.79 Å². The van der Waals surface area contributed by atoms with Gasteiger partial charge in [0.05, 0.1) is 18.8 Å². The third-order valence-electron chi connectivity index (χ3n) is 2.91. The number of fused-ring (bicyclic) bond motifs is 1. The topological polar surface area (TPSA) is 67.6 Å². The number of ether oxygens (including phenoxy) is 1. The van der Waals surface area contributed by atoms with E-state index in [0.29, 0.717) is 26.1 Å². The standard InChI is InChI=1S/C13H21N3O3/c1-13(2,3)18-12(17)16-6-5-10-9(8-16)11(7-14-4)19-15-10/h14H,5-8H2,1-4H3. The number of rotatable bonds is 2. The first-order valence-corrected chi connectivity index (χ1v) is 6.49. The fourth-order valence-corrected chi connectivity index (χ4v) is 2.05. The molecular weight excluding hydrogens is 246 g/mol. The molecule has 0 aromatic carbocycles. The molecule has 106 valence electrons. The van der Waals surface area contributed by atoms with Crippen molar-refractivity contribution in [2.24, 2.45) is 0 Å². The van der Waals surface area contributed by atoms with Gasteiger partial charge < -0.3 is 19.5 Å². The second kappa shape index (κ2) is 5.21. The number of hydrogen-bond donors (Lipinski definition) is 1. The van der Waals surface area contributed by atoms with E-state index in [-0.39, 0.29) is 6.09 Å². The van der Waals surface area contributed by atoms with Crippen LogP contribution in [-0.4, -0.2) is 35.3 Å². The normalized spacial score (nSPS) is 15.3. The molecule has 0 unspecified atom stereocenters. The SMILES string of the molecule is CNCc1onc2c1CN(C(=O)OC(C)(C)C)CC2. The zero-order chi connectivity index (χ0) is 14.0. The highest BCUT2D eigenvalue weighted by atomic mass is 16.6. The smallest absolute Gasteiger partial charge is 0.410 e. The zero-order valence-electron chi connectivity index (χ0n) is 11.9. The molecule has 6 heteroatoms. The van der Waals surface area contributed by atoms with E-state index in [1.807, 2.05) is 27.8 Å². The number of carbonyl (C=O) groups is 1. The van der Waals surface area contributed by atoms with Gasteiger partial charge in [0.15, 0.2) is 5.76 Å². The van der Waals surface area contributed by atoms with Gasteiger partial charge in [-0.25, -0.2) is 4.79 Å². The Balaban J connectivity index is 2.08. The van der Waals surface area contributed by atoms with E-state index in [1.165, 1.54) is 0 Å². The number of amides is 1. The minimum absolute atomic E-state index is 0.283. The van der Waals surface area contributed by atoms with Crippen molar-refractivity contribution in [2.75, 3.05) is 13.6 Å². The summed E-state index contributed by atoms with van der Waals surface area (Å²) >= 11 is 0. The summed E-state index contributed by atoms with van der Waals surface area (Å²) in [4.78, 5) is 13.7. The lowest BCUT2D eigenvalue weighted by molar-refractivity contribution is 0.0223. The largest absolute Gasteiger partial charge is 0.444 e. The second-order valence-corrected chi connectivity index (χ2v) is 5.71. The highest BCUT2D eigenvalue weighted by Gasteiger charge is 2.29. The van der Waals surface area contributed by atoms with Crippen molar-refractivity contribution >= 4 is 6.09 Å². The Bertz CT molecular complexity index is 462. The van der Waals surface area contributed by atoms with Crippen molar-refractivity contribution in [3.8, 4) is 0 Å². The molecule has 0 aliphatic carbocycles. The second-order valence-electron chi connectivity index (χ2n) is 5.71. The van der Waals surface area contributed by atoms with Gasteiger partial charge in [-0.05, 0) is 27.8 Å². The van der Waals surface area contributed by atoms with Crippen LogP contribution in [0, 0.1) is 0 Å². The Morgan fingerprint density at radius 2 is 2.26 bits per heavy atom. The summed E-state index contributed by atoms with van der Waals surface area (Å²) in [6.45, 7) is 7.34. The van der Waals surface area contributed by atoms with Crippen molar-refractivity contribution in [2.45, 2.75) is 45.9 Å². The molecule has 2 heterocycles. The van der Waals surface area contributed by atoms with Gasteiger partial charge in [-0.15, -0.1) is 0 Å². The van der Waals surface area contributed by atoms with E-state index in [2.05, 4.69) is 10.5 Å². The van der Waals surface area contributed by atoms with Crippen LogP contribution in [0.25, 0.3) is 0 Å². The lowest BCUT2D eigenvalue weighted by Crippen LogP contribution is -2.40. The lowest BCUT2D eigenvalue weighted by atomic mass is 10.1. The number of aromatic nitrogens is 1. The zero-order valence-corrected chi connectivity index (χ0v) is 11.9. The molecule has 2 rings (SSSR count). The summed E-state index contributed by atoms with van der Waals surface area (Å²) < 4.78 is 10.7. The van der Waals surface area contributed by atoms with Gasteiger partial charge in [0.2, 0.25) is 0 Å². The molecule has 1 aliphatic rings. The molecule has 6 nitrogen and oxygen atoms in total. The van der Waals surface area contributed by atoms with E-state index in [4.69, 9.17) is 9.26 Å². The third kappa shape index (κ3) is 3.26. The molecule has 0 saturated heterocycles. The predicted molar refractivity (Wildman–Crippen MR) is 69.6 cm³/mol. The molecule has 0 radical (unpaired) electrons. The fourth-order valence-electron chi connectivity index (χ4n) is 2.05. The van der Waals surface area contributed by atoms with Crippen LogP contribution in [0.3, 0.4) is 0 Å². The van der Waals surface area contributed by atoms with Crippen LogP contribution in [-0.2, 0) is 24.2 Å². The van der Waals surface area contributed by atoms with Gasteiger partial charge in [-0.2, -0.15) is 0 Å². The quantitative estimate of drug-likeness (QED) is 0.883. The van der Waals surface area contributed by atoms with Crippen molar-refractivity contribution < 1.29 is 14.1 Å². The average Bonchev–Trinajstić information content (AvgIpc) is 2.70. The van der Waals surface area contributed by atoms with Crippen molar-refractivity contribution in [3.63, 3.8) is 0 Å². The molecule has 1 aromatic rings. The fraction of sp³-hybridized carbons (Fsp3) is 0.692. The van der Waals surface area contributed by atoms with Crippen LogP contribution < -0.4 is 5.32 Å². The van der Waals surface area contributed by atoms with E-state index < -0.39 is 5.60 Å². The van der Waals surface area contributed by atoms with Crippen molar-refractivity contribution in [3.05, 3.63) is 17.0 Å². The van der Waals surface area contributed by atoms with E-state index in [0.717, 1.165) is 17.0 Å². The molecule has 19 heavy (non-hydrogen) atoms. The molecule has 1 aromatic heterocycles.